The molecule has 0 aliphatic rings. The fourth-order valence-electron chi connectivity index (χ4n) is 1.34. The Bertz CT molecular complexity index is 192. The second kappa shape index (κ2) is 6.96. The molecular weight excluding hydrogens is 192 g/mol. The molecule has 0 saturated carbocycles. The van der Waals surface area contributed by atoms with Crippen LogP contribution in [-0.2, 0) is 0 Å². The summed E-state index contributed by atoms with van der Waals surface area (Å²) in [6.45, 7) is 12.9. The molecule has 3 heteroatoms. The molecule has 0 radical (unpaired) electrons. The Morgan fingerprint density at radius 2 is 2.21 bits per heavy atom. The lowest BCUT2D eigenvalue weighted by Crippen LogP contribution is -2.43. The Morgan fingerprint density at radius 3 is 2.50 bits per heavy atom. The lowest BCUT2D eigenvalue weighted by Gasteiger charge is -2.33. The minimum Gasteiger partial charge on any atom is -0.361 e. The third-order valence-electron chi connectivity index (χ3n) is 2.14. The van der Waals surface area contributed by atoms with Gasteiger partial charge in [-0.2, -0.15) is 0 Å². The van der Waals surface area contributed by atoms with E-state index in [2.05, 4.69) is 36.6 Å². The van der Waals surface area contributed by atoms with E-state index < -0.39 is 0 Å². The van der Waals surface area contributed by atoms with Crippen LogP contribution in [0.25, 0.3) is 0 Å². The first kappa shape index (κ1) is 13.6. The second-order valence-electron chi connectivity index (χ2n) is 3.52. The van der Waals surface area contributed by atoms with E-state index in [0.717, 1.165) is 12.1 Å². The topological polar surface area (TPSA) is 15.3 Å². The van der Waals surface area contributed by atoms with E-state index in [1.54, 1.807) is 0 Å². The van der Waals surface area contributed by atoms with E-state index in [1.165, 1.54) is 0 Å². The van der Waals surface area contributed by atoms with Gasteiger partial charge in [0.15, 0.2) is 0 Å². The minimum atomic E-state index is 0.411. The third-order valence-corrected chi connectivity index (χ3v) is 3.30. The monoisotopic (exact) mass is 214 g/mol. The first-order valence-electron chi connectivity index (χ1n) is 4.79. The van der Waals surface area contributed by atoms with Crippen molar-refractivity contribution in [2.24, 2.45) is 0 Å². The third kappa shape index (κ3) is 4.20. The average molecular weight is 214 g/mol. The number of likely N-dealkylation sites (N-methyl/N-ethyl adjacent to an activating group) is 1. The normalized spacial score (nSPS) is 14.6. The molecule has 2 atom stereocenters. The Labute approximate surface area is 92.4 Å². The Kier molecular flexibility index (Phi) is 6.75. The average Bonchev–Trinajstić information content (AvgIpc) is 2.16. The summed E-state index contributed by atoms with van der Waals surface area (Å²) in [5.74, 6) is 0. The van der Waals surface area contributed by atoms with Crippen molar-refractivity contribution in [1.29, 1.82) is 0 Å². The van der Waals surface area contributed by atoms with Crippen molar-refractivity contribution in [1.82, 2.24) is 10.2 Å². The summed E-state index contributed by atoms with van der Waals surface area (Å²) < 4.78 is 0. The summed E-state index contributed by atoms with van der Waals surface area (Å²) in [6, 6.07) is 0.433. The lowest BCUT2D eigenvalue weighted by atomic mass is 10.2. The van der Waals surface area contributed by atoms with Crippen LogP contribution in [-0.4, -0.2) is 36.2 Å². The van der Waals surface area contributed by atoms with E-state index in [0.29, 0.717) is 11.4 Å². The van der Waals surface area contributed by atoms with Crippen LogP contribution in [0, 0.1) is 0 Å². The van der Waals surface area contributed by atoms with Crippen molar-refractivity contribution in [3.63, 3.8) is 0 Å². The fraction of sp³-hybridized carbons (Fsp3) is 0.636. The highest BCUT2D eigenvalue weighted by molar-refractivity contribution is 7.99. The van der Waals surface area contributed by atoms with Gasteiger partial charge in [0, 0.05) is 12.6 Å². The number of hydrogen-bond donors (Lipinski definition) is 1. The van der Waals surface area contributed by atoms with Crippen LogP contribution in [0.1, 0.15) is 13.8 Å². The standard InChI is InChI=1S/C11H22N2S/c1-7-13(8-9(2)3)11(14-6)10(4)12-5/h7,10-12H,1-2,8H2,3-6H3/t10-,11?/m1/s1. The highest BCUT2D eigenvalue weighted by atomic mass is 32.2. The fourth-order valence-corrected chi connectivity index (χ4v) is 2.32. The number of nitrogens with one attached hydrogen (secondary N) is 1. The zero-order valence-electron chi connectivity index (χ0n) is 9.71. The van der Waals surface area contributed by atoms with Crippen LogP contribution < -0.4 is 5.32 Å². The molecule has 0 bridgehead atoms. The molecule has 0 aliphatic heterocycles. The van der Waals surface area contributed by atoms with Crippen molar-refractivity contribution in [3.05, 3.63) is 24.9 Å². The molecule has 0 fully saturated rings. The van der Waals surface area contributed by atoms with Crippen molar-refractivity contribution >= 4 is 11.8 Å². The predicted octanol–water partition coefficient (Wildman–Crippen LogP) is 2.31. The van der Waals surface area contributed by atoms with Gasteiger partial charge in [-0.05, 0) is 33.4 Å². The van der Waals surface area contributed by atoms with Gasteiger partial charge in [-0.25, -0.2) is 0 Å². The van der Waals surface area contributed by atoms with Crippen LogP contribution in [0.15, 0.2) is 24.9 Å². The Hall–Kier alpha value is -0.410. The largest absolute Gasteiger partial charge is 0.361 e. The molecular formula is C11H22N2S. The molecule has 0 spiro atoms. The van der Waals surface area contributed by atoms with E-state index in [-0.39, 0.29) is 0 Å². The zero-order chi connectivity index (χ0) is 11.1. The summed E-state index contributed by atoms with van der Waals surface area (Å²) in [5.41, 5.74) is 1.16. The molecule has 0 heterocycles. The van der Waals surface area contributed by atoms with Gasteiger partial charge in [0.25, 0.3) is 0 Å². The van der Waals surface area contributed by atoms with Crippen molar-refractivity contribution in [2.75, 3.05) is 19.8 Å². The number of thioether (sulfide) groups is 1. The van der Waals surface area contributed by atoms with Crippen LogP contribution in [0.2, 0.25) is 0 Å². The number of nitrogens with zero attached hydrogens (tertiary/aromatic N) is 1. The van der Waals surface area contributed by atoms with Gasteiger partial charge in [0.1, 0.15) is 0 Å². The quantitative estimate of drug-likeness (QED) is 0.517. The van der Waals surface area contributed by atoms with Gasteiger partial charge >= 0.3 is 0 Å². The number of rotatable bonds is 7. The molecule has 2 nitrogen and oxygen atoms in total. The van der Waals surface area contributed by atoms with Gasteiger partial charge in [-0.3, -0.25) is 0 Å². The summed E-state index contributed by atoms with van der Waals surface area (Å²) in [7, 11) is 1.98. The van der Waals surface area contributed by atoms with Crippen LogP contribution in [0.4, 0.5) is 0 Å². The van der Waals surface area contributed by atoms with Gasteiger partial charge in [-0.15, -0.1) is 11.8 Å². The maximum atomic E-state index is 3.93. The Morgan fingerprint density at radius 1 is 1.64 bits per heavy atom. The molecule has 1 unspecified atom stereocenters. The maximum absolute atomic E-state index is 3.93. The molecule has 14 heavy (non-hydrogen) atoms. The van der Waals surface area contributed by atoms with Crippen LogP contribution in [0.3, 0.4) is 0 Å². The highest BCUT2D eigenvalue weighted by Crippen LogP contribution is 2.17. The molecule has 82 valence electrons. The smallest absolute Gasteiger partial charge is 0.0895 e. The SMILES string of the molecule is C=CN(CC(=C)C)C(SC)[C@@H](C)NC. The summed E-state index contributed by atoms with van der Waals surface area (Å²) in [4.78, 5) is 2.22. The molecule has 0 aromatic carbocycles. The zero-order valence-corrected chi connectivity index (χ0v) is 10.5. The maximum Gasteiger partial charge on any atom is 0.0895 e. The van der Waals surface area contributed by atoms with Gasteiger partial charge in [-0.1, -0.05) is 18.7 Å². The molecule has 0 aromatic heterocycles. The van der Waals surface area contributed by atoms with E-state index in [9.17, 15) is 0 Å². The second-order valence-corrected chi connectivity index (χ2v) is 4.47. The van der Waals surface area contributed by atoms with Crippen molar-refractivity contribution in [2.45, 2.75) is 25.3 Å². The van der Waals surface area contributed by atoms with E-state index >= 15 is 0 Å². The number of hydrogen-bond acceptors (Lipinski definition) is 3. The Balaban J connectivity index is 4.43. The molecule has 0 saturated heterocycles. The van der Waals surface area contributed by atoms with Gasteiger partial charge in [0.2, 0.25) is 0 Å². The summed E-state index contributed by atoms with van der Waals surface area (Å²) in [5, 5.41) is 3.68. The molecule has 1 N–H and O–H groups in total. The van der Waals surface area contributed by atoms with Crippen LogP contribution >= 0.6 is 11.8 Å². The van der Waals surface area contributed by atoms with Crippen molar-refractivity contribution in [3.8, 4) is 0 Å². The van der Waals surface area contributed by atoms with Gasteiger partial charge < -0.3 is 10.2 Å². The molecule has 0 amide bonds. The predicted molar refractivity (Wildman–Crippen MR) is 67.5 cm³/mol. The van der Waals surface area contributed by atoms with Gasteiger partial charge in [0.05, 0.1) is 5.37 Å². The first-order chi connectivity index (χ1) is 6.56. The minimum absolute atomic E-state index is 0.411. The highest BCUT2D eigenvalue weighted by Gasteiger charge is 2.19. The van der Waals surface area contributed by atoms with E-state index in [1.807, 2.05) is 31.9 Å². The summed E-state index contributed by atoms with van der Waals surface area (Å²) >= 11 is 1.83. The molecule has 0 rings (SSSR count). The van der Waals surface area contributed by atoms with Crippen LogP contribution in [0.5, 0.6) is 0 Å². The lowest BCUT2D eigenvalue weighted by molar-refractivity contribution is 0.330. The molecule has 0 aromatic rings. The summed E-state index contributed by atoms with van der Waals surface area (Å²) in [6.07, 6.45) is 4.01. The first-order valence-corrected chi connectivity index (χ1v) is 6.08. The van der Waals surface area contributed by atoms with Crippen molar-refractivity contribution < 1.29 is 0 Å². The van der Waals surface area contributed by atoms with E-state index in [4.69, 9.17) is 0 Å². The molecule has 0 aliphatic carbocycles.